The topological polar surface area (TPSA) is 192 Å². The Kier molecular flexibility index (Phi) is 12.6. The standard InChI is InChI=1S/C22H35N5O7/c1-22(2,34-11-10-28)12-18(30)25-13-19(31)27-17(4-3-9-24-21(23)33)20(32)26-16-7-5-15(14-29)6-8-16/h5-8,17,28-29H,3-4,9-14H2,1-2H3,(H,25,30)(H,26,32)(H,27,31)(H3,23,24,33)/t17-/m0/s1. The number of carbonyl (C=O) groups excluding carboxylic acids is 4. The van der Waals surface area contributed by atoms with Crippen molar-refractivity contribution < 1.29 is 34.1 Å². The first-order valence-electron chi connectivity index (χ1n) is 10.9. The Hall–Kier alpha value is -3.22. The molecule has 0 aliphatic rings. The van der Waals surface area contributed by atoms with E-state index in [1.807, 2.05) is 0 Å². The van der Waals surface area contributed by atoms with Crippen molar-refractivity contribution in [2.24, 2.45) is 5.73 Å². The molecule has 34 heavy (non-hydrogen) atoms. The highest BCUT2D eigenvalue weighted by molar-refractivity contribution is 5.97. The third kappa shape index (κ3) is 12.1. The lowest BCUT2D eigenvalue weighted by molar-refractivity contribution is -0.131. The van der Waals surface area contributed by atoms with E-state index in [4.69, 9.17) is 20.7 Å². The van der Waals surface area contributed by atoms with Crippen molar-refractivity contribution in [3.63, 3.8) is 0 Å². The minimum absolute atomic E-state index is 0.0210. The maximum atomic E-state index is 12.7. The van der Waals surface area contributed by atoms with Crippen LogP contribution in [-0.2, 0) is 25.7 Å². The summed E-state index contributed by atoms with van der Waals surface area (Å²) in [5.74, 6) is -1.47. The van der Waals surface area contributed by atoms with E-state index in [1.165, 1.54) is 0 Å². The molecule has 1 rings (SSSR count). The molecule has 0 aromatic heterocycles. The van der Waals surface area contributed by atoms with E-state index >= 15 is 0 Å². The van der Waals surface area contributed by atoms with E-state index in [-0.39, 0.29) is 45.8 Å². The first kappa shape index (κ1) is 28.8. The van der Waals surface area contributed by atoms with Gasteiger partial charge in [0.05, 0.1) is 38.4 Å². The zero-order chi connectivity index (χ0) is 25.6. The van der Waals surface area contributed by atoms with E-state index in [0.717, 1.165) is 0 Å². The Balaban J connectivity index is 2.66. The number of hydrogen-bond donors (Lipinski definition) is 7. The van der Waals surface area contributed by atoms with Gasteiger partial charge in [-0.25, -0.2) is 4.79 Å². The first-order valence-corrected chi connectivity index (χ1v) is 10.9. The van der Waals surface area contributed by atoms with Crippen LogP contribution in [0.1, 0.15) is 38.7 Å². The largest absolute Gasteiger partial charge is 0.394 e. The van der Waals surface area contributed by atoms with Gasteiger partial charge in [-0.2, -0.15) is 0 Å². The number of benzene rings is 1. The molecule has 0 heterocycles. The molecule has 0 aliphatic carbocycles. The monoisotopic (exact) mass is 481 g/mol. The van der Waals surface area contributed by atoms with Gasteiger partial charge < -0.3 is 42.0 Å². The summed E-state index contributed by atoms with van der Waals surface area (Å²) in [6.45, 7) is 3.05. The van der Waals surface area contributed by atoms with Crippen LogP contribution >= 0.6 is 0 Å². The normalized spacial score (nSPS) is 11.9. The van der Waals surface area contributed by atoms with Crippen molar-refractivity contribution in [3.8, 4) is 0 Å². The molecule has 0 saturated heterocycles. The molecule has 0 radical (unpaired) electrons. The van der Waals surface area contributed by atoms with Crippen LogP contribution in [0.2, 0.25) is 0 Å². The Bertz CT molecular complexity index is 814. The predicted molar refractivity (Wildman–Crippen MR) is 124 cm³/mol. The van der Waals surface area contributed by atoms with E-state index < -0.39 is 35.4 Å². The Morgan fingerprint density at radius 2 is 1.74 bits per heavy atom. The van der Waals surface area contributed by atoms with Crippen molar-refractivity contribution in [1.29, 1.82) is 0 Å². The second-order valence-electron chi connectivity index (χ2n) is 8.18. The van der Waals surface area contributed by atoms with Gasteiger partial charge >= 0.3 is 6.03 Å². The lowest BCUT2D eigenvalue weighted by Gasteiger charge is -2.24. The SMILES string of the molecule is CC(C)(CC(=O)NCC(=O)N[C@@H](CCCNC(N)=O)C(=O)Nc1ccc(CO)cc1)OCCO. The van der Waals surface area contributed by atoms with Crippen LogP contribution in [0.25, 0.3) is 0 Å². The van der Waals surface area contributed by atoms with Crippen LogP contribution in [0.15, 0.2) is 24.3 Å². The summed E-state index contributed by atoms with van der Waals surface area (Å²) in [6, 6.07) is 4.93. The molecule has 0 aliphatic heterocycles. The number of nitrogens with one attached hydrogen (secondary N) is 4. The lowest BCUT2D eigenvalue weighted by atomic mass is 10.0. The number of ether oxygens (including phenoxy) is 1. The molecule has 12 nitrogen and oxygen atoms in total. The summed E-state index contributed by atoms with van der Waals surface area (Å²) in [4.78, 5) is 48.1. The summed E-state index contributed by atoms with van der Waals surface area (Å²) >= 11 is 0. The molecule has 8 N–H and O–H groups in total. The van der Waals surface area contributed by atoms with Crippen LogP contribution in [0.5, 0.6) is 0 Å². The van der Waals surface area contributed by atoms with Crippen LogP contribution in [0.3, 0.4) is 0 Å². The van der Waals surface area contributed by atoms with Crippen LogP contribution in [0, 0.1) is 0 Å². The average molecular weight is 482 g/mol. The molecule has 0 unspecified atom stereocenters. The number of primary amides is 1. The molecule has 190 valence electrons. The molecular formula is C22H35N5O7. The summed E-state index contributed by atoms with van der Waals surface area (Å²) in [7, 11) is 0. The smallest absolute Gasteiger partial charge is 0.312 e. The Morgan fingerprint density at radius 1 is 1.06 bits per heavy atom. The molecule has 5 amide bonds. The van der Waals surface area contributed by atoms with Gasteiger partial charge in [0.2, 0.25) is 17.7 Å². The third-order valence-electron chi connectivity index (χ3n) is 4.64. The number of urea groups is 1. The molecule has 1 aromatic rings. The number of aliphatic hydroxyl groups is 2. The lowest BCUT2D eigenvalue weighted by Crippen LogP contribution is -2.48. The molecular weight excluding hydrogens is 446 g/mol. The minimum Gasteiger partial charge on any atom is -0.394 e. The highest BCUT2D eigenvalue weighted by Gasteiger charge is 2.24. The van der Waals surface area contributed by atoms with Gasteiger partial charge in [0.25, 0.3) is 0 Å². The fraction of sp³-hybridized carbons (Fsp3) is 0.545. The molecule has 0 spiro atoms. The number of anilines is 1. The van der Waals surface area contributed by atoms with Crippen molar-refractivity contribution in [3.05, 3.63) is 29.8 Å². The highest BCUT2D eigenvalue weighted by Crippen LogP contribution is 2.14. The predicted octanol–water partition coefficient (Wildman–Crippen LogP) is -0.655. The molecule has 1 aromatic carbocycles. The molecule has 1 atom stereocenters. The zero-order valence-corrected chi connectivity index (χ0v) is 19.6. The summed E-state index contributed by atoms with van der Waals surface area (Å²) in [5, 5.41) is 28.1. The highest BCUT2D eigenvalue weighted by atomic mass is 16.5. The van der Waals surface area contributed by atoms with Crippen LogP contribution in [-0.4, -0.2) is 71.9 Å². The number of carbonyl (C=O) groups is 4. The fourth-order valence-corrected chi connectivity index (χ4v) is 2.96. The van der Waals surface area contributed by atoms with E-state index in [2.05, 4.69) is 21.3 Å². The quantitative estimate of drug-likeness (QED) is 0.162. The van der Waals surface area contributed by atoms with Crippen molar-refractivity contribution in [2.45, 2.75) is 51.4 Å². The average Bonchev–Trinajstić information content (AvgIpc) is 2.78. The van der Waals surface area contributed by atoms with Crippen LogP contribution < -0.4 is 27.0 Å². The summed E-state index contributed by atoms with van der Waals surface area (Å²) in [6.07, 6.45) is 0.558. The maximum Gasteiger partial charge on any atom is 0.312 e. The van der Waals surface area contributed by atoms with Crippen molar-refractivity contribution in [1.82, 2.24) is 16.0 Å². The number of hydrogen-bond acceptors (Lipinski definition) is 7. The third-order valence-corrected chi connectivity index (χ3v) is 4.64. The van der Waals surface area contributed by atoms with E-state index in [9.17, 15) is 19.2 Å². The van der Waals surface area contributed by atoms with Gasteiger partial charge in [0.15, 0.2) is 0 Å². The summed E-state index contributed by atoms with van der Waals surface area (Å²) in [5.41, 5.74) is 5.38. The molecule has 0 saturated carbocycles. The fourth-order valence-electron chi connectivity index (χ4n) is 2.96. The molecule has 12 heteroatoms. The second-order valence-corrected chi connectivity index (χ2v) is 8.18. The van der Waals surface area contributed by atoms with Gasteiger partial charge in [-0.15, -0.1) is 0 Å². The minimum atomic E-state index is -0.930. The number of nitrogens with two attached hydrogens (primary N) is 1. The summed E-state index contributed by atoms with van der Waals surface area (Å²) < 4.78 is 5.38. The van der Waals surface area contributed by atoms with Gasteiger partial charge in [-0.3, -0.25) is 14.4 Å². The van der Waals surface area contributed by atoms with Gasteiger partial charge in [-0.1, -0.05) is 12.1 Å². The van der Waals surface area contributed by atoms with Gasteiger partial charge in [0.1, 0.15) is 6.04 Å². The zero-order valence-electron chi connectivity index (χ0n) is 19.6. The molecule has 0 bridgehead atoms. The second kappa shape index (κ2) is 14.8. The first-order chi connectivity index (χ1) is 16.1. The van der Waals surface area contributed by atoms with E-state index in [1.54, 1.807) is 38.1 Å². The van der Waals surface area contributed by atoms with Gasteiger partial charge in [0, 0.05) is 12.2 Å². The maximum absolute atomic E-state index is 12.7. The number of aliphatic hydroxyl groups excluding tert-OH is 2. The Labute approximate surface area is 198 Å². The molecule has 0 fully saturated rings. The van der Waals surface area contributed by atoms with Crippen LogP contribution in [0.4, 0.5) is 10.5 Å². The van der Waals surface area contributed by atoms with E-state index in [0.29, 0.717) is 17.7 Å². The van der Waals surface area contributed by atoms with Crippen molar-refractivity contribution in [2.75, 3.05) is 31.6 Å². The van der Waals surface area contributed by atoms with Gasteiger partial charge in [-0.05, 0) is 44.4 Å². The number of rotatable bonds is 15. The van der Waals surface area contributed by atoms with Crippen molar-refractivity contribution >= 4 is 29.4 Å². The Morgan fingerprint density at radius 3 is 2.32 bits per heavy atom. The number of amides is 5.